The Hall–Kier alpha value is -1.33. The van der Waals surface area contributed by atoms with Crippen LogP contribution in [-0.4, -0.2) is 6.11 Å². The summed E-state index contributed by atoms with van der Waals surface area (Å²) in [6.07, 6.45) is 5.99. The van der Waals surface area contributed by atoms with E-state index in [2.05, 4.69) is 4.74 Å². The largest absolute Gasteiger partial charge is 0.432 e. The lowest BCUT2D eigenvalue weighted by Crippen LogP contribution is -2.38. The first-order valence-electron chi connectivity index (χ1n) is 9.58. The van der Waals surface area contributed by atoms with Gasteiger partial charge in [0.25, 0.3) is 0 Å². The molecular weight excluding hydrogens is 351 g/mol. The average molecular weight is 376 g/mol. The number of benzene rings is 1. The quantitative estimate of drug-likeness (QED) is 0.317. The van der Waals surface area contributed by atoms with E-state index in [1.165, 1.54) is 38.5 Å². The molecule has 0 atom stereocenters. The van der Waals surface area contributed by atoms with Crippen LogP contribution in [0, 0.1) is 35.2 Å². The minimum atomic E-state index is -3.52. The number of rotatable bonds is 4. The standard InChI is InChI=1S/C20H25F5O/c21-17-11-16(12-18(22)19(17)23)26-20(24,25)15-9-7-14(8-10-15)13-5-3-1-2-4-6-13/h11-15H,1-10H2. The predicted molar refractivity (Wildman–Crippen MR) is 88.5 cm³/mol. The van der Waals surface area contributed by atoms with E-state index in [1.807, 2.05) is 0 Å². The molecule has 146 valence electrons. The Morgan fingerprint density at radius 2 is 1.23 bits per heavy atom. The molecule has 2 aliphatic carbocycles. The summed E-state index contributed by atoms with van der Waals surface area (Å²) < 4.78 is 72.8. The Balaban J connectivity index is 1.59. The molecule has 3 rings (SSSR count). The van der Waals surface area contributed by atoms with Crippen molar-refractivity contribution in [2.75, 3.05) is 0 Å². The summed E-state index contributed by atoms with van der Waals surface area (Å²) in [4.78, 5) is 0. The van der Waals surface area contributed by atoms with Gasteiger partial charge in [-0.3, -0.25) is 0 Å². The smallest absolute Gasteiger partial charge is 0.400 e. The molecule has 0 heterocycles. The van der Waals surface area contributed by atoms with Crippen molar-refractivity contribution in [3.8, 4) is 5.75 Å². The molecule has 0 aliphatic heterocycles. The van der Waals surface area contributed by atoms with Crippen LogP contribution in [0.4, 0.5) is 22.0 Å². The number of ether oxygens (including phenoxy) is 1. The van der Waals surface area contributed by atoms with E-state index in [1.54, 1.807) is 0 Å². The summed E-state index contributed by atoms with van der Waals surface area (Å²) in [5.74, 6) is -5.31. The Morgan fingerprint density at radius 1 is 0.731 bits per heavy atom. The first-order valence-corrected chi connectivity index (χ1v) is 9.58. The first-order chi connectivity index (χ1) is 12.4. The molecule has 2 aliphatic rings. The lowest BCUT2D eigenvalue weighted by molar-refractivity contribution is -0.224. The Bertz CT molecular complexity index is 579. The number of hydrogen-bond acceptors (Lipinski definition) is 1. The van der Waals surface area contributed by atoms with Crippen LogP contribution in [0.5, 0.6) is 5.75 Å². The van der Waals surface area contributed by atoms with Gasteiger partial charge in [0.1, 0.15) is 5.75 Å². The average Bonchev–Trinajstić information content (AvgIpc) is 2.89. The van der Waals surface area contributed by atoms with Crippen LogP contribution in [0.3, 0.4) is 0 Å². The third-order valence-electron chi connectivity index (χ3n) is 6.02. The summed E-state index contributed by atoms with van der Waals surface area (Å²) in [6.45, 7) is 0. The molecule has 0 N–H and O–H groups in total. The monoisotopic (exact) mass is 376 g/mol. The summed E-state index contributed by atoms with van der Waals surface area (Å²) in [7, 11) is 0. The molecule has 0 unspecified atom stereocenters. The SMILES string of the molecule is Fc1cc(OC(F)(F)C2CCC(C3CCCCCC3)CC2)cc(F)c1F. The Labute approximate surface area is 150 Å². The van der Waals surface area contributed by atoms with Crippen molar-refractivity contribution in [1.29, 1.82) is 0 Å². The van der Waals surface area contributed by atoms with Gasteiger partial charge >= 0.3 is 6.11 Å². The van der Waals surface area contributed by atoms with Gasteiger partial charge < -0.3 is 4.74 Å². The van der Waals surface area contributed by atoms with Gasteiger partial charge in [-0.05, 0) is 37.5 Å². The van der Waals surface area contributed by atoms with E-state index in [9.17, 15) is 22.0 Å². The van der Waals surface area contributed by atoms with Gasteiger partial charge in [-0.15, -0.1) is 0 Å². The van der Waals surface area contributed by atoms with E-state index >= 15 is 0 Å². The maximum Gasteiger partial charge on any atom is 0.400 e. The van der Waals surface area contributed by atoms with Crippen molar-refractivity contribution in [2.24, 2.45) is 17.8 Å². The predicted octanol–water partition coefficient (Wildman–Crippen LogP) is 6.85. The van der Waals surface area contributed by atoms with E-state index in [4.69, 9.17) is 0 Å². The summed E-state index contributed by atoms with van der Waals surface area (Å²) in [5.41, 5.74) is 0. The van der Waals surface area contributed by atoms with Gasteiger partial charge in [-0.2, -0.15) is 8.78 Å². The van der Waals surface area contributed by atoms with E-state index < -0.39 is 35.2 Å². The molecule has 1 aromatic carbocycles. The van der Waals surface area contributed by atoms with Gasteiger partial charge in [0, 0.05) is 12.1 Å². The Kier molecular flexibility index (Phi) is 6.08. The number of hydrogen-bond donors (Lipinski definition) is 0. The van der Waals surface area contributed by atoms with Crippen LogP contribution in [0.25, 0.3) is 0 Å². The molecule has 0 saturated heterocycles. The van der Waals surface area contributed by atoms with Crippen molar-refractivity contribution >= 4 is 0 Å². The molecule has 1 nitrogen and oxygen atoms in total. The summed E-state index contributed by atoms with van der Waals surface area (Å²) in [5, 5.41) is 0. The minimum absolute atomic E-state index is 0.334. The molecule has 0 aromatic heterocycles. The molecular formula is C20H25F5O. The maximum atomic E-state index is 14.4. The minimum Gasteiger partial charge on any atom is -0.432 e. The van der Waals surface area contributed by atoms with Crippen LogP contribution in [0.1, 0.15) is 64.2 Å². The fraction of sp³-hybridized carbons (Fsp3) is 0.700. The molecule has 0 bridgehead atoms. The van der Waals surface area contributed by atoms with Crippen molar-refractivity contribution in [3.05, 3.63) is 29.6 Å². The molecule has 0 amide bonds. The zero-order valence-electron chi connectivity index (χ0n) is 14.8. The first kappa shape index (κ1) is 19.4. The molecule has 2 fully saturated rings. The maximum absolute atomic E-state index is 14.4. The molecule has 1 aromatic rings. The lowest BCUT2D eigenvalue weighted by atomic mass is 9.73. The molecule has 2 saturated carbocycles. The highest BCUT2D eigenvalue weighted by molar-refractivity contribution is 5.25. The fourth-order valence-electron chi connectivity index (χ4n) is 4.54. The van der Waals surface area contributed by atoms with Crippen molar-refractivity contribution in [2.45, 2.75) is 70.3 Å². The van der Waals surface area contributed by atoms with E-state index in [-0.39, 0.29) is 0 Å². The zero-order valence-corrected chi connectivity index (χ0v) is 14.8. The fourth-order valence-corrected chi connectivity index (χ4v) is 4.54. The van der Waals surface area contributed by atoms with Crippen LogP contribution in [-0.2, 0) is 0 Å². The highest BCUT2D eigenvalue weighted by atomic mass is 19.3. The lowest BCUT2D eigenvalue weighted by Gasteiger charge is -2.36. The summed E-state index contributed by atoms with van der Waals surface area (Å²) in [6, 6.07) is 0.924. The second kappa shape index (κ2) is 8.13. The Morgan fingerprint density at radius 3 is 1.77 bits per heavy atom. The van der Waals surface area contributed by atoms with Crippen LogP contribution in [0.15, 0.2) is 12.1 Å². The van der Waals surface area contributed by atoms with Crippen molar-refractivity contribution in [3.63, 3.8) is 0 Å². The number of alkyl halides is 2. The third-order valence-corrected chi connectivity index (χ3v) is 6.02. The zero-order chi connectivity index (χ0) is 18.7. The summed E-state index contributed by atoms with van der Waals surface area (Å²) >= 11 is 0. The second-order valence-corrected chi connectivity index (χ2v) is 7.73. The molecule has 0 radical (unpaired) electrons. The van der Waals surface area contributed by atoms with Crippen molar-refractivity contribution < 1.29 is 26.7 Å². The second-order valence-electron chi connectivity index (χ2n) is 7.73. The van der Waals surface area contributed by atoms with Gasteiger partial charge in [0.2, 0.25) is 0 Å². The van der Waals surface area contributed by atoms with Crippen LogP contribution < -0.4 is 4.74 Å². The van der Waals surface area contributed by atoms with E-state index in [0.29, 0.717) is 36.8 Å². The van der Waals surface area contributed by atoms with Crippen LogP contribution >= 0.6 is 0 Å². The molecule has 0 spiro atoms. The van der Waals surface area contributed by atoms with Gasteiger partial charge in [0.15, 0.2) is 17.5 Å². The normalized spacial score (nSPS) is 25.7. The molecule has 6 heteroatoms. The highest BCUT2D eigenvalue weighted by Crippen LogP contribution is 2.44. The molecule has 26 heavy (non-hydrogen) atoms. The number of halogens is 5. The van der Waals surface area contributed by atoms with Crippen molar-refractivity contribution in [1.82, 2.24) is 0 Å². The topological polar surface area (TPSA) is 9.23 Å². The van der Waals surface area contributed by atoms with E-state index in [0.717, 1.165) is 12.8 Å². The highest BCUT2D eigenvalue weighted by Gasteiger charge is 2.45. The van der Waals surface area contributed by atoms with Gasteiger partial charge in [0.05, 0.1) is 5.92 Å². The van der Waals surface area contributed by atoms with Gasteiger partial charge in [-0.1, -0.05) is 38.5 Å². The third kappa shape index (κ3) is 4.49. The van der Waals surface area contributed by atoms with Crippen LogP contribution in [0.2, 0.25) is 0 Å². The van der Waals surface area contributed by atoms with Gasteiger partial charge in [-0.25, -0.2) is 13.2 Å².